The number of carbonyl (C=O) groups is 4. The summed E-state index contributed by atoms with van der Waals surface area (Å²) in [5, 5.41) is 41.6. The number of nitrogens with one attached hydrogen (secondary N) is 1. The van der Waals surface area contributed by atoms with Crippen molar-refractivity contribution in [3.63, 3.8) is 0 Å². The predicted molar refractivity (Wildman–Crippen MR) is 121 cm³/mol. The lowest BCUT2D eigenvalue weighted by Gasteiger charge is -2.38. The van der Waals surface area contributed by atoms with Crippen LogP contribution in [0.2, 0.25) is 0 Å². The van der Waals surface area contributed by atoms with Crippen LogP contribution in [0, 0.1) is 0 Å². The van der Waals surface area contributed by atoms with Crippen LogP contribution in [0.4, 0.5) is 0 Å². The van der Waals surface area contributed by atoms with E-state index in [9.17, 15) is 34.5 Å². The molecule has 14 nitrogen and oxygen atoms in total. The van der Waals surface area contributed by atoms with Crippen LogP contribution in [0.1, 0.15) is 6.42 Å². The van der Waals surface area contributed by atoms with Crippen molar-refractivity contribution in [3.05, 3.63) is 36.4 Å². The first-order valence-corrected chi connectivity index (χ1v) is 11.4. The smallest absolute Gasteiger partial charge is 0.335 e. The zero-order valence-corrected chi connectivity index (χ0v) is 19.6. The molecule has 14 heteroatoms. The first-order valence-electron chi connectivity index (χ1n) is 11.4. The van der Waals surface area contributed by atoms with E-state index in [4.69, 9.17) is 24.1 Å². The summed E-state index contributed by atoms with van der Waals surface area (Å²) in [7, 11) is 0. The maximum absolute atomic E-state index is 11.8. The number of nitrogens with zero attached hydrogens (tertiary/aromatic N) is 1. The summed E-state index contributed by atoms with van der Waals surface area (Å²) in [5.41, 5.74) is 0. The third-order valence-electron chi connectivity index (χ3n) is 5.42. The van der Waals surface area contributed by atoms with Crippen molar-refractivity contribution in [1.29, 1.82) is 0 Å². The molecule has 2 heterocycles. The van der Waals surface area contributed by atoms with E-state index >= 15 is 0 Å². The number of aliphatic hydroxyl groups is 3. The first kappa shape index (κ1) is 28.0. The van der Waals surface area contributed by atoms with Crippen molar-refractivity contribution < 1.29 is 58.6 Å². The highest BCUT2D eigenvalue weighted by Gasteiger charge is 2.48. The number of para-hydroxylation sites is 2. The number of hydrogen-bond donors (Lipinski definition) is 5. The summed E-state index contributed by atoms with van der Waals surface area (Å²) in [4.78, 5) is 47.0. The average Bonchev–Trinajstić information content (AvgIpc) is 3.19. The van der Waals surface area contributed by atoms with Crippen molar-refractivity contribution in [2.24, 2.45) is 0 Å². The van der Waals surface area contributed by atoms with E-state index in [1.165, 1.54) is 6.07 Å². The molecule has 1 aromatic carbocycles. The average molecular weight is 524 g/mol. The van der Waals surface area contributed by atoms with Gasteiger partial charge in [0.1, 0.15) is 24.9 Å². The van der Waals surface area contributed by atoms with Gasteiger partial charge in [-0.15, -0.1) is 0 Å². The fourth-order valence-corrected chi connectivity index (χ4v) is 3.47. The van der Waals surface area contributed by atoms with E-state index in [1.54, 1.807) is 18.2 Å². The number of imide groups is 1. The number of ether oxygens (including phenoxy) is 4. The van der Waals surface area contributed by atoms with Crippen LogP contribution in [0.3, 0.4) is 0 Å². The van der Waals surface area contributed by atoms with Gasteiger partial charge in [-0.25, -0.2) is 4.79 Å². The van der Waals surface area contributed by atoms with Gasteiger partial charge in [-0.2, -0.15) is 0 Å². The third kappa shape index (κ3) is 7.47. The number of hydrogen-bond acceptors (Lipinski definition) is 11. The largest absolute Gasteiger partial charge is 0.487 e. The van der Waals surface area contributed by atoms with Gasteiger partial charge in [0.2, 0.25) is 12.2 Å². The van der Waals surface area contributed by atoms with Crippen molar-refractivity contribution in [2.75, 3.05) is 32.9 Å². The van der Waals surface area contributed by atoms with Gasteiger partial charge in [0, 0.05) is 31.7 Å². The van der Waals surface area contributed by atoms with Gasteiger partial charge in [0.05, 0.1) is 13.2 Å². The number of aliphatic hydroxyl groups excluding tert-OH is 3. The molecular formula is C23H28N2O12. The summed E-state index contributed by atoms with van der Waals surface area (Å²) < 4.78 is 21.6. The first-order chi connectivity index (χ1) is 17.7. The second-order valence-electron chi connectivity index (χ2n) is 8.02. The maximum atomic E-state index is 11.8. The molecule has 0 radical (unpaired) electrons. The molecule has 0 aliphatic carbocycles. The van der Waals surface area contributed by atoms with Crippen LogP contribution in [0.5, 0.6) is 11.5 Å². The van der Waals surface area contributed by atoms with Gasteiger partial charge in [0.25, 0.3) is 11.8 Å². The number of rotatable bonds is 13. The summed E-state index contributed by atoms with van der Waals surface area (Å²) in [6.07, 6.45) is -6.46. The number of amides is 3. The fourth-order valence-electron chi connectivity index (χ4n) is 3.47. The van der Waals surface area contributed by atoms with Crippen molar-refractivity contribution in [3.8, 4) is 11.5 Å². The minimum atomic E-state index is -1.84. The van der Waals surface area contributed by atoms with Gasteiger partial charge < -0.3 is 44.7 Å². The normalized spacial score (nSPS) is 25.3. The molecule has 0 spiro atoms. The Kier molecular flexibility index (Phi) is 9.93. The molecule has 1 aromatic rings. The highest BCUT2D eigenvalue weighted by atomic mass is 16.7. The monoisotopic (exact) mass is 524 g/mol. The van der Waals surface area contributed by atoms with Crippen molar-refractivity contribution >= 4 is 23.7 Å². The predicted octanol–water partition coefficient (Wildman–Crippen LogP) is -2.22. The molecule has 0 saturated carbocycles. The standard InChI is InChI=1S/C23H28N2O12/c26-15(7-9-25-16(27)5-6-17(25)28)24-8-10-34-11-12-35-13-3-1-2-4-14(13)36-23-20(31)18(29)19(30)21(37-23)22(32)33/h1-6,18-21,23,29-31H,7-12H2,(H,24,26)(H,32,33)/t18-,19-,20+,21-,23+/m0/s1. The fraction of sp³-hybridized carbons (Fsp3) is 0.478. The van der Waals surface area contributed by atoms with Crippen LogP contribution in [0.25, 0.3) is 0 Å². The molecule has 2 aliphatic heterocycles. The molecule has 5 atom stereocenters. The Labute approximate surface area is 211 Å². The van der Waals surface area contributed by atoms with Gasteiger partial charge in [-0.05, 0) is 12.1 Å². The van der Waals surface area contributed by atoms with Crippen LogP contribution in [-0.4, -0.2) is 113 Å². The Morgan fingerprint density at radius 3 is 2.30 bits per heavy atom. The Hall–Kier alpha value is -3.56. The summed E-state index contributed by atoms with van der Waals surface area (Å²) in [6, 6.07) is 6.28. The molecule has 5 N–H and O–H groups in total. The Bertz CT molecular complexity index is 997. The highest BCUT2D eigenvalue weighted by molar-refractivity contribution is 6.13. The van der Waals surface area contributed by atoms with Crippen LogP contribution < -0.4 is 14.8 Å². The van der Waals surface area contributed by atoms with Gasteiger partial charge >= 0.3 is 5.97 Å². The highest BCUT2D eigenvalue weighted by Crippen LogP contribution is 2.31. The molecule has 1 fully saturated rings. The summed E-state index contributed by atoms with van der Waals surface area (Å²) in [6.45, 7) is 0.588. The topological polar surface area (TPSA) is 201 Å². The summed E-state index contributed by atoms with van der Waals surface area (Å²) >= 11 is 0. The van der Waals surface area contributed by atoms with E-state index in [2.05, 4.69) is 5.32 Å². The van der Waals surface area contributed by atoms with Crippen molar-refractivity contribution in [2.45, 2.75) is 37.1 Å². The van der Waals surface area contributed by atoms with Gasteiger partial charge in [0.15, 0.2) is 17.6 Å². The second-order valence-corrected chi connectivity index (χ2v) is 8.02. The number of carbonyl (C=O) groups excluding carboxylic acids is 3. The molecule has 0 bridgehead atoms. The van der Waals surface area contributed by atoms with Gasteiger partial charge in [-0.3, -0.25) is 19.3 Å². The van der Waals surface area contributed by atoms with E-state index in [1.807, 2.05) is 0 Å². The Morgan fingerprint density at radius 1 is 0.946 bits per heavy atom. The molecule has 0 aromatic heterocycles. The SMILES string of the molecule is O=C(CCN1C(=O)C=CC1=O)NCCOCCOc1ccccc1O[C@@H]1O[C@H](C(=O)O)[C@@H](O)[C@H](O)[C@H]1O. The molecule has 37 heavy (non-hydrogen) atoms. The lowest BCUT2D eigenvalue weighted by Crippen LogP contribution is -2.61. The lowest BCUT2D eigenvalue weighted by atomic mass is 9.99. The van der Waals surface area contributed by atoms with E-state index in [0.29, 0.717) is 0 Å². The minimum Gasteiger partial charge on any atom is -0.487 e. The van der Waals surface area contributed by atoms with Crippen LogP contribution in [0.15, 0.2) is 36.4 Å². The zero-order chi connectivity index (χ0) is 26.9. The third-order valence-corrected chi connectivity index (χ3v) is 5.42. The molecule has 202 valence electrons. The van der Waals surface area contributed by atoms with Crippen molar-refractivity contribution in [1.82, 2.24) is 10.2 Å². The molecule has 3 rings (SSSR count). The minimum absolute atomic E-state index is 0.00783. The molecule has 1 saturated heterocycles. The Balaban J connectivity index is 1.36. The second kappa shape index (κ2) is 13.1. The Morgan fingerprint density at radius 2 is 1.62 bits per heavy atom. The van der Waals surface area contributed by atoms with Crippen LogP contribution >= 0.6 is 0 Å². The van der Waals surface area contributed by atoms with E-state index < -0.39 is 48.5 Å². The number of carboxylic acids is 1. The molecule has 2 aliphatic rings. The molecule has 3 amide bonds. The quantitative estimate of drug-likeness (QED) is 0.138. The number of benzene rings is 1. The van der Waals surface area contributed by atoms with E-state index in [0.717, 1.165) is 17.1 Å². The summed E-state index contributed by atoms with van der Waals surface area (Å²) in [5.74, 6) is -2.44. The lowest BCUT2D eigenvalue weighted by molar-refractivity contribution is -0.271. The van der Waals surface area contributed by atoms with Crippen LogP contribution in [-0.2, 0) is 28.7 Å². The van der Waals surface area contributed by atoms with Gasteiger partial charge in [-0.1, -0.05) is 12.1 Å². The zero-order valence-electron chi connectivity index (χ0n) is 19.6. The molecular weight excluding hydrogens is 496 g/mol. The number of carboxylic acid groups (broad SMARTS) is 1. The number of aliphatic carboxylic acids is 1. The van der Waals surface area contributed by atoms with E-state index in [-0.39, 0.29) is 56.7 Å². The maximum Gasteiger partial charge on any atom is 0.335 e. The molecule has 0 unspecified atom stereocenters.